The molecule has 16 heavy (non-hydrogen) atoms. The van der Waals surface area contributed by atoms with Crippen molar-refractivity contribution in [3.63, 3.8) is 0 Å². The van der Waals surface area contributed by atoms with Crippen LogP contribution in [0.15, 0.2) is 28.9 Å². The standard InChI is InChI=1S/C12H10ClNO2/c13-8-3-4-11-9(5-8)10(6-16-11)14-12(15)7-1-2-7/h3-7H,1-2H2,(H,14,15). The van der Waals surface area contributed by atoms with Gasteiger partial charge in [0, 0.05) is 16.3 Å². The highest BCUT2D eigenvalue weighted by molar-refractivity contribution is 6.31. The second-order valence-corrected chi connectivity index (χ2v) is 4.49. The molecule has 0 radical (unpaired) electrons. The van der Waals surface area contributed by atoms with Crippen LogP contribution in [0.1, 0.15) is 12.8 Å². The Hall–Kier alpha value is -1.48. The largest absolute Gasteiger partial charge is 0.462 e. The molecule has 1 aliphatic rings. The number of benzene rings is 1. The zero-order valence-electron chi connectivity index (χ0n) is 8.50. The molecule has 3 rings (SSSR count). The molecule has 3 nitrogen and oxygen atoms in total. The Bertz CT molecular complexity index is 557. The Balaban J connectivity index is 1.96. The van der Waals surface area contributed by atoms with Crippen molar-refractivity contribution in [3.05, 3.63) is 29.5 Å². The summed E-state index contributed by atoms with van der Waals surface area (Å²) in [4.78, 5) is 11.6. The molecule has 1 heterocycles. The van der Waals surface area contributed by atoms with Crippen LogP contribution in [0.5, 0.6) is 0 Å². The van der Waals surface area contributed by atoms with E-state index in [1.807, 2.05) is 0 Å². The molecule has 1 saturated carbocycles. The summed E-state index contributed by atoms with van der Waals surface area (Å²) in [5.74, 6) is 0.256. The number of carbonyl (C=O) groups excluding carboxylic acids is 1. The van der Waals surface area contributed by atoms with Crippen molar-refractivity contribution in [1.82, 2.24) is 0 Å². The Kier molecular flexibility index (Phi) is 2.14. The normalized spacial score (nSPS) is 15.3. The van der Waals surface area contributed by atoms with Crippen molar-refractivity contribution in [2.24, 2.45) is 5.92 Å². The van der Waals surface area contributed by atoms with Crippen LogP contribution in [0.25, 0.3) is 11.0 Å². The van der Waals surface area contributed by atoms with Gasteiger partial charge in [0.25, 0.3) is 0 Å². The average molecular weight is 236 g/mol. The molecular formula is C12H10ClNO2. The highest BCUT2D eigenvalue weighted by Crippen LogP contribution is 2.33. The number of rotatable bonds is 2. The van der Waals surface area contributed by atoms with E-state index >= 15 is 0 Å². The van der Waals surface area contributed by atoms with Crippen LogP contribution in [0.3, 0.4) is 0 Å². The van der Waals surface area contributed by atoms with Gasteiger partial charge < -0.3 is 9.73 Å². The summed E-state index contributed by atoms with van der Waals surface area (Å²) in [7, 11) is 0. The van der Waals surface area contributed by atoms with E-state index in [-0.39, 0.29) is 11.8 Å². The molecule has 2 aromatic rings. The first-order chi connectivity index (χ1) is 7.74. The zero-order chi connectivity index (χ0) is 11.1. The molecule has 0 aliphatic heterocycles. The van der Waals surface area contributed by atoms with Crippen molar-refractivity contribution < 1.29 is 9.21 Å². The fraction of sp³-hybridized carbons (Fsp3) is 0.250. The zero-order valence-corrected chi connectivity index (χ0v) is 9.25. The predicted molar refractivity (Wildman–Crippen MR) is 62.6 cm³/mol. The third kappa shape index (κ3) is 1.67. The van der Waals surface area contributed by atoms with Crippen molar-refractivity contribution in [2.75, 3.05) is 5.32 Å². The van der Waals surface area contributed by atoms with Gasteiger partial charge in [-0.05, 0) is 31.0 Å². The molecule has 0 unspecified atom stereocenters. The molecule has 0 saturated heterocycles. The molecule has 1 amide bonds. The number of fused-ring (bicyclic) bond motifs is 1. The van der Waals surface area contributed by atoms with Gasteiger partial charge in [0.1, 0.15) is 11.8 Å². The van der Waals surface area contributed by atoms with Gasteiger partial charge in [0.15, 0.2) is 0 Å². The second-order valence-electron chi connectivity index (χ2n) is 4.05. The minimum atomic E-state index is 0.0719. The number of amides is 1. The molecule has 0 atom stereocenters. The van der Waals surface area contributed by atoms with Crippen molar-refractivity contribution in [1.29, 1.82) is 0 Å². The first-order valence-electron chi connectivity index (χ1n) is 5.21. The lowest BCUT2D eigenvalue weighted by molar-refractivity contribution is -0.117. The molecule has 82 valence electrons. The fourth-order valence-corrected chi connectivity index (χ4v) is 1.85. The van der Waals surface area contributed by atoms with Crippen LogP contribution in [-0.4, -0.2) is 5.91 Å². The molecular weight excluding hydrogens is 226 g/mol. The van der Waals surface area contributed by atoms with E-state index in [4.69, 9.17) is 16.0 Å². The minimum Gasteiger partial charge on any atom is -0.462 e. The molecule has 1 aromatic heterocycles. The van der Waals surface area contributed by atoms with Crippen molar-refractivity contribution in [3.8, 4) is 0 Å². The smallest absolute Gasteiger partial charge is 0.227 e. The Morgan fingerprint density at radius 2 is 2.25 bits per heavy atom. The SMILES string of the molecule is O=C(Nc1coc2ccc(Cl)cc12)C1CC1. The van der Waals surface area contributed by atoms with Gasteiger partial charge in [-0.15, -0.1) is 0 Å². The van der Waals surface area contributed by atoms with Crippen molar-refractivity contribution in [2.45, 2.75) is 12.8 Å². The number of furan rings is 1. The topological polar surface area (TPSA) is 42.2 Å². The van der Waals surface area contributed by atoms with E-state index in [1.165, 1.54) is 0 Å². The van der Waals surface area contributed by atoms with Crippen LogP contribution in [0.2, 0.25) is 5.02 Å². The van der Waals surface area contributed by atoms with E-state index < -0.39 is 0 Å². The van der Waals surface area contributed by atoms with Crippen LogP contribution in [0.4, 0.5) is 5.69 Å². The maximum atomic E-state index is 11.6. The Morgan fingerprint density at radius 1 is 1.44 bits per heavy atom. The summed E-state index contributed by atoms with van der Waals surface area (Å²) >= 11 is 5.90. The van der Waals surface area contributed by atoms with E-state index in [0.29, 0.717) is 10.7 Å². The lowest BCUT2D eigenvalue weighted by atomic mass is 10.2. The van der Waals surface area contributed by atoms with E-state index in [1.54, 1.807) is 24.5 Å². The summed E-state index contributed by atoms with van der Waals surface area (Å²) in [6.07, 6.45) is 3.53. The molecule has 1 aliphatic carbocycles. The van der Waals surface area contributed by atoms with Gasteiger partial charge in [-0.1, -0.05) is 11.6 Å². The first-order valence-corrected chi connectivity index (χ1v) is 5.59. The summed E-state index contributed by atoms with van der Waals surface area (Å²) in [5.41, 5.74) is 1.44. The number of anilines is 1. The van der Waals surface area contributed by atoms with Crippen LogP contribution < -0.4 is 5.32 Å². The molecule has 1 aromatic carbocycles. The van der Waals surface area contributed by atoms with Crippen molar-refractivity contribution >= 4 is 34.2 Å². The summed E-state index contributed by atoms with van der Waals surface area (Å²) in [6.45, 7) is 0. The highest BCUT2D eigenvalue weighted by Gasteiger charge is 2.30. The predicted octanol–water partition coefficient (Wildman–Crippen LogP) is 3.43. The Labute approximate surface area is 97.4 Å². The van der Waals surface area contributed by atoms with Gasteiger partial charge >= 0.3 is 0 Å². The van der Waals surface area contributed by atoms with E-state index in [0.717, 1.165) is 23.8 Å². The van der Waals surface area contributed by atoms with E-state index in [9.17, 15) is 4.79 Å². The van der Waals surface area contributed by atoms with Crippen LogP contribution in [-0.2, 0) is 4.79 Å². The average Bonchev–Trinajstić information content (AvgIpc) is 3.04. The summed E-state index contributed by atoms with van der Waals surface area (Å²) < 4.78 is 5.33. The van der Waals surface area contributed by atoms with Crippen LogP contribution in [0, 0.1) is 5.92 Å². The first kappa shape index (κ1) is 9.73. The maximum absolute atomic E-state index is 11.6. The minimum absolute atomic E-state index is 0.0719. The lowest BCUT2D eigenvalue weighted by Crippen LogP contribution is -2.12. The second kappa shape index (κ2) is 3.52. The summed E-state index contributed by atoms with van der Waals surface area (Å²) in [6, 6.07) is 5.35. The van der Waals surface area contributed by atoms with Gasteiger partial charge in [-0.25, -0.2) is 0 Å². The molecule has 0 bridgehead atoms. The fourth-order valence-electron chi connectivity index (χ4n) is 1.68. The molecule has 4 heteroatoms. The number of carbonyl (C=O) groups is 1. The number of hydrogen-bond donors (Lipinski definition) is 1. The summed E-state index contributed by atoms with van der Waals surface area (Å²) in [5, 5.41) is 4.35. The number of hydrogen-bond acceptors (Lipinski definition) is 2. The van der Waals surface area contributed by atoms with Gasteiger partial charge in [0.05, 0.1) is 5.69 Å². The van der Waals surface area contributed by atoms with Gasteiger partial charge in [0.2, 0.25) is 5.91 Å². The maximum Gasteiger partial charge on any atom is 0.227 e. The number of halogens is 1. The third-order valence-corrected chi connectivity index (χ3v) is 2.98. The van der Waals surface area contributed by atoms with Gasteiger partial charge in [-0.2, -0.15) is 0 Å². The molecule has 0 spiro atoms. The molecule has 1 fully saturated rings. The van der Waals surface area contributed by atoms with E-state index in [2.05, 4.69) is 5.32 Å². The van der Waals surface area contributed by atoms with Gasteiger partial charge in [-0.3, -0.25) is 4.79 Å². The Morgan fingerprint density at radius 3 is 3.00 bits per heavy atom. The highest BCUT2D eigenvalue weighted by atomic mass is 35.5. The third-order valence-electron chi connectivity index (χ3n) is 2.74. The van der Waals surface area contributed by atoms with Crippen LogP contribution >= 0.6 is 11.6 Å². The lowest BCUT2D eigenvalue weighted by Gasteiger charge is -2.00. The molecule has 1 N–H and O–H groups in total. The number of nitrogens with one attached hydrogen (secondary N) is 1. The monoisotopic (exact) mass is 235 g/mol. The quantitative estimate of drug-likeness (QED) is 0.867.